The number of rotatable bonds is 18. The molecule has 0 aliphatic heterocycles. The molecule has 0 saturated carbocycles. The molecule has 3 amide bonds. The number of amides is 3. The van der Waals surface area contributed by atoms with Crippen molar-refractivity contribution in [3.63, 3.8) is 0 Å². The number of aliphatic carboxylic acids is 2. The van der Waals surface area contributed by atoms with Crippen LogP contribution in [-0.2, 0) is 24.0 Å². The molecular formula is C19H36N6O8. The maximum Gasteiger partial charge on any atom is 0.326 e. The maximum atomic E-state index is 12.7. The molecule has 33 heavy (non-hydrogen) atoms. The van der Waals surface area contributed by atoms with E-state index < -0.39 is 66.9 Å². The van der Waals surface area contributed by atoms with E-state index in [2.05, 4.69) is 16.0 Å². The Bertz CT molecular complexity index is 662. The van der Waals surface area contributed by atoms with E-state index >= 15 is 0 Å². The van der Waals surface area contributed by atoms with Crippen LogP contribution in [0.5, 0.6) is 0 Å². The lowest BCUT2D eigenvalue weighted by atomic mass is 10.1. The molecule has 190 valence electrons. The fourth-order valence-corrected chi connectivity index (χ4v) is 2.80. The average molecular weight is 477 g/mol. The molecule has 0 aliphatic carbocycles. The Labute approximate surface area is 191 Å². The van der Waals surface area contributed by atoms with Crippen LogP contribution in [0.4, 0.5) is 0 Å². The summed E-state index contributed by atoms with van der Waals surface area (Å²) < 4.78 is 0. The Morgan fingerprint density at radius 1 is 0.697 bits per heavy atom. The minimum atomic E-state index is -1.59. The molecule has 0 rings (SSSR count). The van der Waals surface area contributed by atoms with Gasteiger partial charge in [0.1, 0.15) is 24.2 Å². The number of carboxylic acids is 2. The lowest BCUT2D eigenvalue weighted by Crippen LogP contribution is -2.57. The largest absolute Gasteiger partial charge is 0.481 e. The third kappa shape index (κ3) is 12.7. The second kappa shape index (κ2) is 16.8. The highest BCUT2D eigenvalue weighted by Crippen LogP contribution is 2.06. The van der Waals surface area contributed by atoms with Gasteiger partial charge in [-0.1, -0.05) is 0 Å². The van der Waals surface area contributed by atoms with Crippen LogP contribution in [0.1, 0.15) is 44.9 Å². The first kappa shape index (κ1) is 30.2. The molecule has 0 aliphatic rings. The van der Waals surface area contributed by atoms with Crippen LogP contribution in [-0.4, -0.2) is 88.8 Å². The number of aliphatic hydroxyl groups is 1. The number of nitrogens with two attached hydrogens (primary N) is 3. The third-order valence-corrected chi connectivity index (χ3v) is 4.69. The van der Waals surface area contributed by atoms with Gasteiger partial charge in [0, 0.05) is 0 Å². The monoisotopic (exact) mass is 476 g/mol. The van der Waals surface area contributed by atoms with E-state index in [1.54, 1.807) is 0 Å². The van der Waals surface area contributed by atoms with Crippen LogP contribution in [0.15, 0.2) is 0 Å². The summed E-state index contributed by atoms with van der Waals surface area (Å²) >= 11 is 0. The lowest BCUT2D eigenvalue weighted by molar-refractivity contribution is -0.143. The van der Waals surface area contributed by atoms with Crippen LogP contribution >= 0.6 is 0 Å². The summed E-state index contributed by atoms with van der Waals surface area (Å²) in [6.07, 6.45) is 1.30. The third-order valence-electron chi connectivity index (χ3n) is 4.69. The summed E-state index contributed by atoms with van der Waals surface area (Å²) in [7, 11) is 0. The van der Waals surface area contributed by atoms with Crippen molar-refractivity contribution in [1.82, 2.24) is 16.0 Å². The topological polar surface area (TPSA) is 260 Å². The number of nitrogens with one attached hydrogen (secondary N) is 3. The molecule has 14 nitrogen and oxygen atoms in total. The number of hydrogen-bond acceptors (Lipinski definition) is 9. The van der Waals surface area contributed by atoms with Crippen molar-refractivity contribution < 1.29 is 39.3 Å². The van der Waals surface area contributed by atoms with E-state index in [9.17, 15) is 29.1 Å². The molecule has 0 fully saturated rings. The molecule has 0 aromatic carbocycles. The summed E-state index contributed by atoms with van der Waals surface area (Å²) in [5.74, 6) is -5.38. The number of aliphatic hydroxyl groups excluding tert-OH is 1. The Morgan fingerprint density at radius 3 is 1.61 bits per heavy atom. The minimum Gasteiger partial charge on any atom is -0.481 e. The molecule has 0 aromatic heterocycles. The summed E-state index contributed by atoms with van der Waals surface area (Å²) in [5, 5.41) is 34.3. The van der Waals surface area contributed by atoms with Crippen molar-refractivity contribution in [3.8, 4) is 0 Å². The van der Waals surface area contributed by atoms with Gasteiger partial charge in [0.15, 0.2) is 0 Å². The first-order chi connectivity index (χ1) is 15.6. The fourth-order valence-electron chi connectivity index (χ4n) is 2.80. The van der Waals surface area contributed by atoms with Crippen LogP contribution in [0, 0.1) is 0 Å². The van der Waals surface area contributed by atoms with Gasteiger partial charge in [0.25, 0.3) is 0 Å². The number of carbonyl (C=O) groups is 5. The Balaban J connectivity index is 5.41. The zero-order valence-corrected chi connectivity index (χ0v) is 18.5. The second-order valence-electron chi connectivity index (χ2n) is 7.48. The second-order valence-corrected chi connectivity index (χ2v) is 7.48. The standard InChI is InChI=1S/C19H36N6O8/c20-7-3-1-5-12(23-16(29)11(22)10-26)17(30)25-14(9-15(27)28)18(31)24-13(19(32)33)6-2-4-8-21/h11-14,26H,1-10,20-22H2,(H,23,29)(H,24,31)(H,25,30)(H,27,28)(H,32,33)/t11-,12-,13-,14-/m0/s1. The summed E-state index contributed by atoms with van der Waals surface area (Å²) in [6.45, 7) is 0.0200. The van der Waals surface area contributed by atoms with Gasteiger partial charge in [0.05, 0.1) is 13.0 Å². The molecular weight excluding hydrogens is 440 g/mol. The molecule has 0 saturated heterocycles. The number of carbonyl (C=O) groups excluding carboxylic acids is 3. The van der Waals surface area contributed by atoms with Crippen LogP contribution in [0.3, 0.4) is 0 Å². The molecule has 4 atom stereocenters. The summed E-state index contributed by atoms with van der Waals surface area (Å²) in [4.78, 5) is 60.0. The van der Waals surface area contributed by atoms with E-state index in [1.165, 1.54) is 0 Å². The van der Waals surface area contributed by atoms with Crippen molar-refractivity contribution in [1.29, 1.82) is 0 Å². The first-order valence-corrected chi connectivity index (χ1v) is 10.7. The van der Waals surface area contributed by atoms with Crippen LogP contribution in [0.2, 0.25) is 0 Å². The predicted octanol–water partition coefficient (Wildman–Crippen LogP) is -3.42. The molecule has 0 unspecified atom stereocenters. The zero-order valence-electron chi connectivity index (χ0n) is 18.5. The molecule has 12 N–H and O–H groups in total. The normalized spacial score (nSPS) is 14.4. The van der Waals surface area contributed by atoms with Gasteiger partial charge in [-0.3, -0.25) is 19.2 Å². The number of carboxylic acid groups (broad SMARTS) is 2. The zero-order chi connectivity index (χ0) is 25.4. The van der Waals surface area contributed by atoms with Gasteiger partial charge in [-0.25, -0.2) is 4.79 Å². The van der Waals surface area contributed by atoms with E-state index in [0.29, 0.717) is 38.8 Å². The highest BCUT2D eigenvalue weighted by Gasteiger charge is 2.31. The van der Waals surface area contributed by atoms with Gasteiger partial charge < -0.3 is 48.5 Å². The van der Waals surface area contributed by atoms with Gasteiger partial charge in [0.2, 0.25) is 17.7 Å². The Hall–Kier alpha value is -2.81. The fraction of sp³-hybridized carbons (Fsp3) is 0.737. The first-order valence-electron chi connectivity index (χ1n) is 10.7. The summed E-state index contributed by atoms with van der Waals surface area (Å²) in [5.41, 5.74) is 16.3. The van der Waals surface area contributed by atoms with Crippen molar-refractivity contribution in [2.45, 2.75) is 69.1 Å². The maximum absolute atomic E-state index is 12.7. The van der Waals surface area contributed by atoms with Gasteiger partial charge in [-0.2, -0.15) is 0 Å². The predicted molar refractivity (Wildman–Crippen MR) is 117 cm³/mol. The average Bonchev–Trinajstić information content (AvgIpc) is 2.76. The van der Waals surface area contributed by atoms with Crippen molar-refractivity contribution in [2.24, 2.45) is 17.2 Å². The SMILES string of the molecule is NCCCC[C@H](NC(=O)[C@H](CC(=O)O)NC(=O)[C@H](CCCCN)NC(=O)[C@@H](N)CO)C(=O)O. The number of hydrogen-bond donors (Lipinski definition) is 9. The van der Waals surface area contributed by atoms with Crippen molar-refractivity contribution >= 4 is 29.7 Å². The summed E-state index contributed by atoms with van der Waals surface area (Å²) in [6, 6.07) is -5.34. The van der Waals surface area contributed by atoms with Gasteiger partial charge in [-0.05, 0) is 51.6 Å². The molecule has 14 heteroatoms. The van der Waals surface area contributed by atoms with Crippen molar-refractivity contribution in [2.75, 3.05) is 19.7 Å². The molecule has 0 aromatic rings. The van der Waals surface area contributed by atoms with E-state index in [4.69, 9.17) is 27.4 Å². The van der Waals surface area contributed by atoms with Crippen molar-refractivity contribution in [3.05, 3.63) is 0 Å². The Kier molecular flexibility index (Phi) is 15.3. The minimum absolute atomic E-state index is 0.0723. The number of unbranched alkanes of at least 4 members (excludes halogenated alkanes) is 2. The highest BCUT2D eigenvalue weighted by molar-refractivity contribution is 5.95. The molecule has 0 bridgehead atoms. The smallest absolute Gasteiger partial charge is 0.326 e. The van der Waals surface area contributed by atoms with E-state index in [0.717, 1.165) is 0 Å². The quantitative estimate of drug-likeness (QED) is 0.0879. The molecule has 0 radical (unpaired) electrons. The van der Waals surface area contributed by atoms with E-state index in [-0.39, 0.29) is 12.8 Å². The van der Waals surface area contributed by atoms with Gasteiger partial charge in [-0.15, -0.1) is 0 Å². The molecule has 0 heterocycles. The lowest BCUT2D eigenvalue weighted by Gasteiger charge is -2.24. The highest BCUT2D eigenvalue weighted by atomic mass is 16.4. The Morgan fingerprint density at radius 2 is 1.15 bits per heavy atom. The van der Waals surface area contributed by atoms with Crippen LogP contribution < -0.4 is 33.2 Å². The van der Waals surface area contributed by atoms with Crippen LogP contribution in [0.25, 0.3) is 0 Å². The van der Waals surface area contributed by atoms with Gasteiger partial charge >= 0.3 is 11.9 Å². The molecule has 0 spiro atoms. The van der Waals surface area contributed by atoms with E-state index in [1.807, 2.05) is 0 Å².